The molecule has 0 aromatic heterocycles. The third-order valence-corrected chi connectivity index (χ3v) is 1.73. The molecule has 0 aliphatic rings. The van der Waals surface area contributed by atoms with Crippen molar-refractivity contribution in [1.82, 2.24) is 0 Å². The normalized spacial score (nSPS) is 8.54. The Morgan fingerprint density at radius 3 is 2.85 bits per heavy atom. The SMILES string of the molecule is N#Cc1cccc(N(C=O)C=S)c1. The summed E-state index contributed by atoms with van der Waals surface area (Å²) in [5.41, 5.74) is 2.33. The number of anilines is 1. The molecule has 64 valence electrons. The quantitative estimate of drug-likeness (QED) is 0.535. The van der Waals surface area contributed by atoms with Crippen LogP contribution in [0.2, 0.25) is 0 Å². The van der Waals surface area contributed by atoms with Crippen LogP contribution in [0, 0.1) is 11.3 Å². The predicted octanol–water partition coefficient (Wildman–Crippen LogP) is 1.48. The first kappa shape index (κ1) is 9.36. The topological polar surface area (TPSA) is 44.1 Å². The van der Waals surface area contributed by atoms with E-state index in [1.807, 2.05) is 6.07 Å². The molecule has 0 heterocycles. The van der Waals surface area contributed by atoms with Crippen LogP contribution in [0.25, 0.3) is 0 Å². The van der Waals surface area contributed by atoms with Crippen LogP contribution in [0.3, 0.4) is 0 Å². The monoisotopic (exact) mass is 190 g/mol. The Balaban J connectivity index is 3.08. The van der Waals surface area contributed by atoms with E-state index in [0.29, 0.717) is 17.7 Å². The molecule has 0 radical (unpaired) electrons. The van der Waals surface area contributed by atoms with Crippen molar-refractivity contribution in [2.75, 3.05) is 4.90 Å². The van der Waals surface area contributed by atoms with Crippen molar-refractivity contribution in [3.05, 3.63) is 29.8 Å². The van der Waals surface area contributed by atoms with E-state index in [-0.39, 0.29) is 0 Å². The summed E-state index contributed by atoms with van der Waals surface area (Å²) in [5.74, 6) is 0. The molecule has 3 nitrogen and oxygen atoms in total. The van der Waals surface area contributed by atoms with Crippen molar-refractivity contribution in [2.45, 2.75) is 0 Å². The number of nitriles is 1. The summed E-state index contributed by atoms with van der Waals surface area (Å²) >= 11 is 4.62. The minimum absolute atomic E-state index is 0.501. The Kier molecular flexibility index (Phi) is 3.12. The second kappa shape index (κ2) is 4.33. The molecule has 0 saturated heterocycles. The van der Waals surface area contributed by atoms with Crippen LogP contribution in [0.1, 0.15) is 5.56 Å². The van der Waals surface area contributed by atoms with Gasteiger partial charge in [-0.15, -0.1) is 0 Å². The van der Waals surface area contributed by atoms with Gasteiger partial charge in [-0.05, 0) is 18.2 Å². The summed E-state index contributed by atoms with van der Waals surface area (Å²) in [4.78, 5) is 11.7. The van der Waals surface area contributed by atoms with Crippen molar-refractivity contribution < 1.29 is 4.79 Å². The van der Waals surface area contributed by atoms with Gasteiger partial charge >= 0.3 is 0 Å². The van der Waals surface area contributed by atoms with Gasteiger partial charge in [-0.3, -0.25) is 9.69 Å². The molecule has 13 heavy (non-hydrogen) atoms. The van der Waals surface area contributed by atoms with E-state index in [2.05, 4.69) is 12.2 Å². The molecular weight excluding hydrogens is 184 g/mol. The zero-order chi connectivity index (χ0) is 9.68. The predicted molar refractivity (Wildman–Crippen MR) is 53.4 cm³/mol. The van der Waals surface area contributed by atoms with E-state index in [1.165, 1.54) is 10.4 Å². The number of carbonyl (C=O) groups is 1. The summed E-state index contributed by atoms with van der Waals surface area (Å²) in [5, 5.41) is 8.60. The van der Waals surface area contributed by atoms with Gasteiger partial charge in [0.1, 0.15) is 0 Å². The average molecular weight is 190 g/mol. The lowest BCUT2D eigenvalue weighted by atomic mass is 10.2. The molecule has 0 N–H and O–H groups in total. The molecule has 0 spiro atoms. The van der Waals surface area contributed by atoms with Gasteiger partial charge in [-0.2, -0.15) is 5.26 Å². The molecule has 0 unspecified atom stereocenters. The van der Waals surface area contributed by atoms with E-state index in [4.69, 9.17) is 5.26 Å². The van der Waals surface area contributed by atoms with Crippen LogP contribution < -0.4 is 4.90 Å². The first-order valence-corrected chi connectivity index (χ1v) is 3.98. The van der Waals surface area contributed by atoms with Crippen molar-refractivity contribution in [3.63, 3.8) is 0 Å². The van der Waals surface area contributed by atoms with Gasteiger partial charge < -0.3 is 0 Å². The molecule has 0 saturated carbocycles. The van der Waals surface area contributed by atoms with E-state index in [0.717, 1.165) is 0 Å². The van der Waals surface area contributed by atoms with Crippen molar-refractivity contribution >= 4 is 29.8 Å². The average Bonchev–Trinajstić information content (AvgIpc) is 2.20. The van der Waals surface area contributed by atoms with Crippen molar-refractivity contribution in [2.24, 2.45) is 0 Å². The van der Waals surface area contributed by atoms with Gasteiger partial charge in [0.15, 0.2) is 0 Å². The third-order valence-electron chi connectivity index (χ3n) is 1.50. The van der Waals surface area contributed by atoms with Crippen LogP contribution in [0.4, 0.5) is 5.69 Å². The minimum Gasteiger partial charge on any atom is -0.280 e. The fourth-order valence-electron chi connectivity index (χ4n) is 0.883. The highest BCUT2D eigenvalue weighted by molar-refractivity contribution is 7.79. The molecule has 0 bridgehead atoms. The fraction of sp³-hybridized carbons (Fsp3) is 0. The molecule has 1 rings (SSSR count). The maximum absolute atomic E-state index is 10.5. The van der Waals surface area contributed by atoms with Gasteiger partial charge in [0.2, 0.25) is 6.41 Å². The van der Waals surface area contributed by atoms with E-state index < -0.39 is 0 Å². The van der Waals surface area contributed by atoms with Crippen LogP contribution in [-0.2, 0) is 4.79 Å². The lowest BCUT2D eigenvalue weighted by Gasteiger charge is -2.09. The maximum atomic E-state index is 10.5. The zero-order valence-electron chi connectivity index (χ0n) is 6.68. The maximum Gasteiger partial charge on any atom is 0.218 e. The van der Waals surface area contributed by atoms with Gasteiger partial charge in [-0.1, -0.05) is 18.3 Å². The number of nitrogens with zero attached hydrogens (tertiary/aromatic N) is 2. The first-order chi connectivity index (χ1) is 6.31. The second-order valence-electron chi connectivity index (χ2n) is 2.28. The summed E-state index contributed by atoms with van der Waals surface area (Å²) in [6.07, 6.45) is 0.601. The summed E-state index contributed by atoms with van der Waals surface area (Å²) in [6, 6.07) is 8.64. The van der Waals surface area contributed by atoms with Crippen molar-refractivity contribution in [1.29, 1.82) is 5.26 Å². The minimum atomic E-state index is 0.501. The molecular formula is C9H6N2OS. The summed E-state index contributed by atoms with van der Waals surface area (Å²) in [7, 11) is 0. The van der Waals surface area contributed by atoms with Gasteiger partial charge in [0, 0.05) is 0 Å². The largest absolute Gasteiger partial charge is 0.280 e. The highest BCUT2D eigenvalue weighted by atomic mass is 32.1. The number of hydrogen-bond acceptors (Lipinski definition) is 3. The molecule has 1 aromatic carbocycles. The van der Waals surface area contributed by atoms with Gasteiger partial charge in [-0.25, -0.2) is 0 Å². The summed E-state index contributed by atoms with van der Waals surface area (Å²) in [6.45, 7) is 0. The first-order valence-electron chi connectivity index (χ1n) is 3.51. The number of rotatable bonds is 3. The Labute approximate surface area is 81.2 Å². The molecule has 4 heteroatoms. The number of thiocarbonyl (C=S) groups is 1. The highest BCUT2D eigenvalue weighted by Crippen LogP contribution is 2.12. The Morgan fingerprint density at radius 1 is 1.54 bits per heavy atom. The van der Waals surface area contributed by atoms with Crippen molar-refractivity contribution in [3.8, 4) is 6.07 Å². The lowest BCUT2D eigenvalue weighted by molar-refractivity contribution is -0.106. The lowest BCUT2D eigenvalue weighted by Crippen LogP contribution is -2.16. The molecule has 0 atom stereocenters. The smallest absolute Gasteiger partial charge is 0.218 e. The fourth-order valence-corrected chi connectivity index (χ4v) is 1.05. The second-order valence-corrected chi connectivity index (χ2v) is 2.49. The van der Waals surface area contributed by atoms with Gasteiger partial charge in [0.05, 0.1) is 22.8 Å². The van der Waals surface area contributed by atoms with Crippen LogP contribution in [0.5, 0.6) is 0 Å². The van der Waals surface area contributed by atoms with E-state index in [9.17, 15) is 4.79 Å². The zero-order valence-corrected chi connectivity index (χ0v) is 7.49. The standard InChI is InChI=1S/C9H6N2OS/c10-5-8-2-1-3-9(4-8)11(6-12)7-13/h1-4,6-7H. The molecule has 0 aliphatic heterocycles. The van der Waals surface area contributed by atoms with Crippen LogP contribution in [0.15, 0.2) is 24.3 Å². The molecule has 0 aliphatic carbocycles. The number of benzene rings is 1. The molecule has 1 aromatic rings. The highest BCUT2D eigenvalue weighted by Gasteiger charge is 2.01. The summed E-state index contributed by atoms with van der Waals surface area (Å²) < 4.78 is 0. The Hall–Kier alpha value is -1.73. The van der Waals surface area contributed by atoms with Gasteiger partial charge in [0.25, 0.3) is 0 Å². The van der Waals surface area contributed by atoms with E-state index >= 15 is 0 Å². The Bertz CT molecular complexity index is 362. The molecule has 0 fully saturated rings. The van der Waals surface area contributed by atoms with E-state index in [1.54, 1.807) is 24.3 Å². The Morgan fingerprint density at radius 2 is 2.31 bits per heavy atom. The third kappa shape index (κ3) is 2.10. The van der Waals surface area contributed by atoms with Crippen LogP contribution >= 0.6 is 12.2 Å². The number of amides is 1. The van der Waals surface area contributed by atoms with Crippen LogP contribution in [-0.4, -0.2) is 11.9 Å². The number of carbonyl (C=O) groups excluding carboxylic acids is 1. The molecule has 1 amide bonds. The number of hydrogen-bond donors (Lipinski definition) is 0.